The molecule has 4 rings (SSSR count). The summed E-state index contributed by atoms with van der Waals surface area (Å²) in [6, 6.07) is 0. The third-order valence-electron chi connectivity index (χ3n) is 10.3. The highest BCUT2D eigenvalue weighted by Gasteiger charge is 2.63. The molecule has 0 radical (unpaired) electrons. The SMILES string of the molecule is CC(=O)OCC(=O)C1CCC2(C)C3=C(CCC12C)C1(C)CCC(=O)C(C)(C)C1CC3. The number of ether oxygens (including phenoxy) is 1. The Labute approximate surface area is 181 Å². The highest BCUT2D eigenvalue weighted by molar-refractivity contribution is 5.86. The van der Waals surface area contributed by atoms with Crippen LogP contribution in [0.2, 0.25) is 0 Å². The molecule has 5 unspecified atom stereocenters. The van der Waals surface area contributed by atoms with E-state index < -0.39 is 0 Å². The molecule has 4 aliphatic rings. The summed E-state index contributed by atoms with van der Waals surface area (Å²) in [5, 5.41) is 0. The lowest BCUT2D eigenvalue weighted by Crippen LogP contribution is -2.54. The summed E-state index contributed by atoms with van der Waals surface area (Å²) < 4.78 is 5.07. The number of allylic oxidation sites excluding steroid dienone is 2. The van der Waals surface area contributed by atoms with Gasteiger partial charge >= 0.3 is 5.97 Å². The van der Waals surface area contributed by atoms with E-state index in [1.54, 1.807) is 11.1 Å². The average Bonchev–Trinajstić information content (AvgIpc) is 2.95. The Hall–Kier alpha value is -1.45. The van der Waals surface area contributed by atoms with Crippen molar-refractivity contribution in [2.24, 2.45) is 33.5 Å². The molecule has 166 valence electrons. The van der Waals surface area contributed by atoms with Crippen molar-refractivity contribution in [2.75, 3.05) is 6.61 Å². The summed E-state index contributed by atoms with van der Waals surface area (Å²) in [5.41, 5.74) is 3.03. The molecule has 4 nitrogen and oxygen atoms in total. The van der Waals surface area contributed by atoms with Crippen LogP contribution < -0.4 is 0 Å². The number of hydrogen-bond acceptors (Lipinski definition) is 4. The van der Waals surface area contributed by atoms with E-state index in [2.05, 4.69) is 34.6 Å². The maximum absolute atomic E-state index is 13.0. The molecule has 30 heavy (non-hydrogen) atoms. The number of rotatable bonds is 3. The van der Waals surface area contributed by atoms with E-state index in [1.807, 2.05) is 0 Å². The molecule has 0 N–H and O–H groups in total. The molecule has 5 atom stereocenters. The molecule has 0 bridgehead atoms. The number of carbonyl (C=O) groups is 3. The van der Waals surface area contributed by atoms with E-state index in [9.17, 15) is 14.4 Å². The van der Waals surface area contributed by atoms with Crippen LogP contribution >= 0.6 is 0 Å². The van der Waals surface area contributed by atoms with Crippen molar-refractivity contribution in [1.82, 2.24) is 0 Å². The van der Waals surface area contributed by atoms with Crippen LogP contribution in [0.3, 0.4) is 0 Å². The fraction of sp³-hybridized carbons (Fsp3) is 0.808. The molecule has 0 aromatic heterocycles. The quantitative estimate of drug-likeness (QED) is 0.456. The Morgan fingerprint density at radius 2 is 1.63 bits per heavy atom. The number of hydrogen-bond donors (Lipinski definition) is 0. The van der Waals surface area contributed by atoms with Crippen LogP contribution in [0.5, 0.6) is 0 Å². The maximum Gasteiger partial charge on any atom is 0.303 e. The minimum atomic E-state index is -0.386. The van der Waals surface area contributed by atoms with Crippen molar-refractivity contribution in [3.8, 4) is 0 Å². The smallest absolute Gasteiger partial charge is 0.303 e. The number of esters is 1. The fourth-order valence-electron chi connectivity index (χ4n) is 8.27. The minimum absolute atomic E-state index is 0.0245. The van der Waals surface area contributed by atoms with Gasteiger partial charge in [-0.3, -0.25) is 14.4 Å². The van der Waals surface area contributed by atoms with Gasteiger partial charge in [-0.1, -0.05) is 45.8 Å². The molecule has 0 heterocycles. The van der Waals surface area contributed by atoms with Crippen molar-refractivity contribution < 1.29 is 19.1 Å². The van der Waals surface area contributed by atoms with E-state index in [0.717, 1.165) is 44.9 Å². The molecule has 4 aliphatic carbocycles. The monoisotopic (exact) mass is 414 g/mol. The fourth-order valence-corrected chi connectivity index (χ4v) is 8.27. The molecule has 0 aromatic carbocycles. The van der Waals surface area contributed by atoms with Gasteiger partial charge in [0.15, 0.2) is 5.78 Å². The lowest BCUT2D eigenvalue weighted by Gasteiger charge is -2.60. The van der Waals surface area contributed by atoms with Crippen molar-refractivity contribution in [2.45, 2.75) is 92.9 Å². The average molecular weight is 415 g/mol. The van der Waals surface area contributed by atoms with E-state index in [1.165, 1.54) is 6.92 Å². The van der Waals surface area contributed by atoms with Gasteiger partial charge in [0.1, 0.15) is 12.4 Å². The highest BCUT2D eigenvalue weighted by atomic mass is 16.5. The van der Waals surface area contributed by atoms with Gasteiger partial charge in [0.2, 0.25) is 0 Å². The second-order valence-electron chi connectivity index (χ2n) is 11.7. The number of carbonyl (C=O) groups excluding carboxylic acids is 3. The van der Waals surface area contributed by atoms with E-state index in [-0.39, 0.29) is 45.9 Å². The molecule has 0 aliphatic heterocycles. The zero-order valence-corrected chi connectivity index (χ0v) is 19.7. The molecule has 2 fully saturated rings. The molecule has 0 amide bonds. The standard InChI is InChI=1S/C26H38O4/c1-16(27)30-15-20(28)19-10-14-25(5)18-7-8-21-23(2,3)22(29)11-12-24(21,4)17(18)9-13-26(19,25)6/h19,21H,7-15H2,1-6H3. The summed E-state index contributed by atoms with van der Waals surface area (Å²) >= 11 is 0. The lowest BCUT2D eigenvalue weighted by atomic mass is 9.43. The van der Waals surface area contributed by atoms with E-state index >= 15 is 0 Å². The zero-order valence-electron chi connectivity index (χ0n) is 19.7. The summed E-state index contributed by atoms with van der Waals surface area (Å²) in [4.78, 5) is 36.9. The minimum Gasteiger partial charge on any atom is -0.458 e. The van der Waals surface area contributed by atoms with Gasteiger partial charge < -0.3 is 4.74 Å². The van der Waals surface area contributed by atoms with E-state index in [0.29, 0.717) is 18.1 Å². The van der Waals surface area contributed by atoms with Crippen LogP contribution in [0.15, 0.2) is 11.1 Å². The van der Waals surface area contributed by atoms with Crippen LogP contribution in [0.4, 0.5) is 0 Å². The third kappa shape index (κ3) is 2.74. The topological polar surface area (TPSA) is 60.4 Å². The Morgan fingerprint density at radius 1 is 0.933 bits per heavy atom. The van der Waals surface area contributed by atoms with Crippen LogP contribution in [0.1, 0.15) is 92.9 Å². The summed E-state index contributed by atoms with van der Waals surface area (Å²) in [6.45, 7) is 12.7. The van der Waals surface area contributed by atoms with Gasteiger partial charge in [0.25, 0.3) is 0 Å². The Morgan fingerprint density at radius 3 is 2.30 bits per heavy atom. The van der Waals surface area contributed by atoms with Crippen molar-refractivity contribution in [3.05, 3.63) is 11.1 Å². The summed E-state index contributed by atoms with van der Waals surface area (Å²) in [7, 11) is 0. The van der Waals surface area contributed by atoms with Gasteiger partial charge in [0.05, 0.1) is 0 Å². The molecule has 0 spiro atoms. The summed E-state index contributed by atoms with van der Waals surface area (Å²) in [5.74, 6) is 0.512. The van der Waals surface area contributed by atoms with Crippen LogP contribution in [-0.4, -0.2) is 24.1 Å². The largest absolute Gasteiger partial charge is 0.458 e. The second kappa shape index (κ2) is 6.77. The van der Waals surface area contributed by atoms with Gasteiger partial charge in [-0.25, -0.2) is 0 Å². The van der Waals surface area contributed by atoms with Gasteiger partial charge in [-0.05, 0) is 67.1 Å². The molecule has 0 aromatic rings. The number of Topliss-reactive ketones (excluding diaryl/α,β-unsaturated/α-hetero) is 2. The van der Waals surface area contributed by atoms with Crippen LogP contribution in [-0.2, 0) is 19.1 Å². The second-order valence-corrected chi connectivity index (χ2v) is 11.7. The highest BCUT2D eigenvalue weighted by Crippen LogP contribution is 2.71. The zero-order chi connectivity index (χ0) is 22.1. The third-order valence-corrected chi connectivity index (χ3v) is 10.3. The van der Waals surface area contributed by atoms with Crippen molar-refractivity contribution in [3.63, 3.8) is 0 Å². The molecular formula is C26H38O4. The maximum atomic E-state index is 13.0. The van der Waals surface area contributed by atoms with Gasteiger partial charge in [-0.15, -0.1) is 0 Å². The molecular weight excluding hydrogens is 376 g/mol. The predicted molar refractivity (Wildman–Crippen MR) is 116 cm³/mol. The number of ketones is 2. The van der Waals surface area contributed by atoms with E-state index in [4.69, 9.17) is 4.74 Å². The normalized spacial score (nSPS) is 42.3. The first-order valence-electron chi connectivity index (χ1n) is 11.8. The van der Waals surface area contributed by atoms with Crippen molar-refractivity contribution in [1.29, 1.82) is 0 Å². The summed E-state index contributed by atoms with van der Waals surface area (Å²) in [6.07, 6.45) is 7.76. The van der Waals surface area contributed by atoms with Gasteiger partial charge in [-0.2, -0.15) is 0 Å². The molecule has 2 saturated carbocycles. The Bertz CT molecular complexity index is 836. The Balaban J connectivity index is 1.70. The number of fused-ring (bicyclic) bond motifs is 4. The Kier molecular flexibility index (Phi) is 4.91. The van der Waals surface area contributed by atoms with Crippen LogP contribution in [0, 0.1) is 33.5 Å². The van der Waals surface area contributed by atoms with Crippen LogP contribution in [0.25, 0.3) is 0 Å². The predicted octanol–water partition coefficient (Wildman–Crippen LogP) is 5.44. The molecule has 4 heteroatoms. The first-order chi connectivity index (χ1) is 13.9. The first kappa shape index (κ1) is 21.8. The van der Waals surface area contributed by atoms with Gasteiger partial charge in [0, 0.05) is 24.7 Å². The lowest BCUT2D eigenvalue weighted by molar-refractivity contribution is -0.148. The molecule has 0 saturated heterocycles. The van der Waals surface area contributed by atoms with Crippen molar-refractivity contribution >= 4 is 17.5 Å². The first-order valence-corrected chi connectivity index (χ1v) is 11.8.